The standard InChI is InChI=1S/C15H19ClN2O3S/c16-12-4-3-11(22-12)14(19)17-13(9-1-2-9)10-5-7-18(8-6-10)15(20)21/h3-4,9-10,13H,1-2,5-8H2,(H,17,19)(H,20,21)/t13-/m1/s1. The van der Waals surface area contributed by atoms with Gasteiger partial charge in [-0.3, -0.25) is 4.79 Å². The molecule has 0 spiro atoms. The molecule has 1 aliphatic heterocycles. The van der Waals surface area contributed by atoms with Gasteiger partial charge in [0.2, 0.25) is 0 Å². The van der Waals surface area contributed by atoms with E-state index in [1.807, 2.05) is 0 Å². The molecule has 0 bridgehead atoms. The lowest BCUT2D eigenvalue weighted by molar-refractivity contribution is 0.0868. The van der Waals surface area contributed by atoms with Gasteiger partial charge in [0.1, 0.15) is 0 Å². The van der Waals surface area contributed by atoms with Gasteiger partial charge in [-0.15, -0.1) is 11.3 Å². The van der Waals surface area contributed by atoms with E-state index in [4.69, 9.17) is 16.7 Å². The molecule has 120 valence electrons. The summed E-state index contributed by atoms with van der Waals surface area (Å²) >= 11 is 7.18. The molecule has 1 aromatic rings. The highest BCUT2D eigenvalue weighted by molar-refractivity contribution is 7.17. The van der Waals surface area contributed by atoms with Crippen molar-refractivity contribution in [1.29, 1.82) is 0 Å². The fourth-order valence-electron chi connectivity index (χ4n) is 3.18. The first-order valence-corrected chi connectivity index (χ1v) is 8.78. The minimum absolute atomic E-state index is 0.0607. The second kappa shape index (κ2) is 6.46. The number of nitrogens with one attached hydrogen (secondary N) is 1. The number of halogens is 1. The van der Waals surface area contributed by atoms with Gasteiger partial charge in [0, 0.05) is 19.1 Å². The van der Waals surface area contributed by atoms with E-state index < -0.39 is 6.09 Å². The van der Waals surface area contributed by atoms with Gasteiger partial charge in [-0.25, -0.2) is 4.79 Å². The van der Waals surface area contributed by atoms with E-state index in [1.165, 1.54) is 16.2 Å². The van der Waals surface area contributed by atoms with Crippen LogP contribution in [-0.2, 0) is 0 Å². The Morgan fingerprint density at radius 2 is 1.86 bits per heavy atom. The van der Waals surface area contributed by atoms with Gasteiger partial charge >= 0.3 is 6.09 Å². The maximum Gasteiger partial charge on any atom is 0.407 e. The van der Waals surface area contributed by atoms with Crippen molar-refractivity contribution in [2.24, 2.45) is 11.8 Å². The second-order valence-electron chi connectivity index (χ2n) is 6.05. The highest BCUT2D eigenvalue weighted by Crippen LogP contribution is 2.39. The average molecular weight is 343 g/mol. The fourth-order valence-corrected chi connectivity index (χ4v) is 4.13. The highest BCUT2D eigenvalue weighted by atomic mass is 35.5. The van der Waals surface area contributed by atoms with Crippen LogP contribution in [0.25, 0.3) is 0 Å². The number of hydrogen-bond donors (Lipinski definition) is 2. The van der Waals surface area contributed by atoms with Crippen LogP contribution in [-0.4, -0.2) is 41.1 Å². The zero-order valence-electron chi connectivity index (χ0n) is 12.1. The second-order valence-corrected chi connectivity index (χ2v) is 7.76. The van der Waals surface area contributed by atoms with Crippen LogP contribution in [0, 0.1) is 11.8 Å². The molecule has 7 heteroatoms. The summed E-state index contributed by atoms with van der Waals surface area (Å²) in [7, 11) is 0. The third kappa shape index (κ3) is 3.55. The van der Waals surface area contributed by atoms with Crippen molar-refractivity contribution in [2.75, 3.05) is 13.1 Å². The minimum Gasteiger partial charge on any atom is -0.465 e. The summed E-state index contributed by atoms with van der Waals surface area (Å²) in [5, 5.41) is 12.2. The molecule has 1 saturated heterocycles. The molecular weight excluding hydrogens is 324 g/mol. The predicted octanol–water partition coefficient (Wildman–Crippen LogP) is 3.30. The van der Waals surface area contributed by atoms with Crippen molar-refractivity contribution in [3.8, 4) is 0 Å². The van der Waals surface area contributed by atoms with E-state index in [0.717, 1.165) is 25.7 Å². The monoisotopic (exact) mass is 342 g/mol. The Morgan fingerprint density at radius 3 is 2.36 bits per heavy atom. The summed E-state index contributed by atoms with van der Waals surface area (Å²) in [5.41, 5.74) is 0. The van der Waals surface area contributed by atoms with Crippen LogP contribution in [0.3, 0.4) is 0 Å². The highest BCUT2D eigenvalue weighted by Gasteiger charge is 2.39. The summed E-state index contributed by atoms with van der Waals surface area (Å²) in [6.07, 6.45) is 3.08. The number of rotatable bonds is 4. The molecule has 1 atom stereocenters. The van der Waals surface area contributed by atoms with Gasteiger partial charge in [0.25, 0.3) is 5.91 Å². The Balaban J connectivity index is 1.61. The molecule has 2 heterocycles. The van der Waals surface area contributed by atoms with E-state index >= 15 is 0 Å². The zero-order chi connectivity index (χ0) is 15.7. The van der Waals surface area contributed by atoms with Crippen LogP contribution in [0.5, 0.6) is 0 Å². The third-order valence-electron chi connectivity index (χ3n) is 4.54. The molecule has 2 amide bonds. The van der Waals surface area contributed by atoms with E-state index in [1.54, 1.807) is 12.1 Å². The van der Waals surface area contributed by atoms with Gasteiger partial charge in [-0.1, -0.05) is 11.6 Å². The smallest absolute Gasteiger partial charge is 0.407 e. The Kier molecular flexibility index (Phi) is 4.59. The molecule has 3 rings (SSSR count). The summed E-state index contributed by atoms with van der Waals surface area (Å²) < 4.78 is 0.614. The fraction of sp³-hybridized carbons (Fsp3) is 0.600. The number of carbonyl (C=O) groups is 2. The van der Waals surface area contributed by atoms with Crippen molar-refractivity contribution < 1.29 is 14.7 Å². The van der Waals surface area contributed by atoms with Crippen LogP contribution in [0.2, 0.25) is 4.34 Å². The van der Waals surface area contributed by atoms with Crippen molar-refractivity contribution in [2.45, 2.75) is 31.7 Å². The molecule has 5 nitrogen and oxygen atoms in total. The Bertz CT molecular complexity index is 565. The quantitative estimate of drug-likeness (QED) is 0.882. The molecule has 1 aliphatic carbocycles. The molecule has 2 aliphatic rings. The topological polar surface area (TPSA) is 69.6 Å². The minimum atomic E-state index is -0.848. The van der Waals surface area contributed by atoms with Crippen molar-refractivity contribution >= 4 is 34.9 Å². The third-order valence-corrected chi connectivity index (χ3v) is 5.77. The van der Waals surface area contributed by atoms with Crippen LogP contribution < -0.4 is 5.32 Å². The van der Waals surface area contributed by atoms with Gasteiger partial charge in [0.15, 0.2) is 0 Å². The Morgan fingerprint density at radius 1 is 1.23 bits per heavy atom. The molecule has 1 saturated carbocycles. The van der Waals surface area contributed by atoms with Crippen molar-refractivity contribution in [1.82, 2.24) is 10.2 Å². The van der Waals surface area contributed by atoms with Crippen LogP contribution in [0.15, 0.2) is 12.1 Å². The Hall–Kier alpha value is -1.27. The lowest BCUT2D eigenvalue weighted by Gasteiger charge is -2.35. The van der Waals surface area contributed by atoms with Crippen LogP contribution >= 0.6 is 22.9 Å². The predicted molar refractivity (Wildman–Crippen MR) is 85.6 cm³/mol. The van der Waals surface area contributed by atoms with Gasteiger partial charge < -0.3 is 15.3 Å². The largest absolute Gasteiger partial charge is 0.465 e. The van der Waals surface area contributed by atoms with Gasteiger partial charge in [-0.2, -0.15) is 0 Å². The molecule has 0 unspecified atom stereocenters. The van der Waals surface area contributed by atoms with E-state index in [-0.39, 0.29) is 11.9 Å². The molecule has 22 heavy (non-hydrogen) atoms. The number of likely N-dealkylation sites (tertiary alicyclic amines) is 1. The zero-order valence-corrected chi connectivity index (χ0v) is 13.7. The first-order chi connectivity index (χ1) is 10.5. The summed E-state index contributed by atoms with van der Waals surface area (Å²) in [4.78, 5) is 25.4. The number of thiophene rings is 1. The first kappa shape index (κ1) is 15.6. The number of hydrogen-bond acceptors (Lipinski definition) is 3. The average Bonchev–Trinajstić information content (AvgIpc) is 3.25. The maximum absolute atomic E-state index is 12.4. The summed E-state index contributed by atoms with van der Waals surface area (Å²) in [5.74, 6) is 0.845. The lowest BCUT2D eigenvalue weighted by atomic mass is 9.86. The van der Waals surface area contributed by atoms with Crippen molar-refractivity contribution in [3.05, 3.63) is 21.3 Å². The number of carbonyl (C=O) groups excluding carboxylic acids is 1. The van der Waals surface area contributed by atoms with E-state index in [9.17, 15) is 9.59 Å². The number of carboxylic acid groups (broad SMARTS) is 1. The van der Waals surface area contributed by atoms with Gasteiger partial charge in [0.05, 0.1) is 9.21 Å². The van der Waals surface area contributed by atoms with Crippen LogP contribution in [0.4, 0.5) is 4.79 Å². The van der Waals surface area contributed by atoms with Gasteiger partial charge in [-0.05, 0) is 49.7 Å². The molecular formula is C15H19ClN2O3S. The first-order valence-electron chi connectivity index (χ1n) is 7.58. The summed E-state index contributed by atoms with van der Waals surface area (Å²) in [6.45, 7) is 1.12. The molecule has 0 aromatic carbocycles. The number of piperidine rings is 1. The van der Waals surface area contributed by atoms with E-state index in [0.29, 0.717) is 34.1 Å². The molecule has 2 fully saturated rings. The maximum atomic E-state index is 12.4. The normalized spacial score (nSPS) is 20.7. The SMILES string of the molecule is O=C(N[C@H](C1CC1)C1CCN(C(=O)O)CC1)c1ccc(Cl)s1. The number of nitrogens with zero attached hydrogens (tertiary/aromatic N) is 1. The lowest BCUT2D eigenvalue weighted by Crippen LogP contribution is -2.47. The molecule has 0 radical (unpaired) electrons. The molecule has 1 aromatic heterocycles. The summed E-state index contributed by atoms with van der Waals surface area (Å²) in [6, 6.07) is 3.64. The number of amides is 2. The van der Waals surface area contributed by atoms with Crippen LogP contribution in [0.1, 0.15) is 35.4 Å². The van der Waals surface area contributed by atoms with Crippen molar-refractivity contribution in [3.63, 3.8) is 0 Å². The molecule has 2 N–H and O–H groups in total. The Labute approximate surface area is 138 Å². The van der Waals surface area contributed by atoms with E-state index in [2.05, 4.69) is 5.32 Å².